The van der Waals surface area contributed by atoms with E-state index in [-0.39, 0.29) is 13.0 Å². The zero-order valence-electron chi connectivity index (χ0n) is 7.93. The van der Waals surface area contributed by atoms with Crippen molar-refractivity contribution < 1.29 is 18.3 Å². The summed E-state index contributed by atoms with van der Waals surface area (Å²) in [5.74, 6) is 0. The van der Waals surface area contributed by atoms with E-state index in [1.54, 1.807) is 0 Å². The number of rotatable bonds is 5. The Morgan fingerprint density at radius 3 is 2.00 bits per heavy atom. The van der Waals surface area contributed by atoms with Crippen LogP contribution in [-0.2, 0) is 0 Å². The van der Waals surface area contributed by atoms with Crippen LogP contribution in [0.25, 0.3) is 0 Å². The number of aliphatic hydroxyl groups is 1. The molecule has 0 aromatic heterocycles. The molecule has 0 aliphatic rings. The van der Waals surface area contributed by atoms with Crippen LogP contribution in [0.2, 0.25) is 0 Å². The number of hydrogen-bond donors (Lipinski definition) is 1. The largest absolute Gasteiger partial charge is 0.414 e. The van der Waals surface area contributed by atoms with E-state index in [1.165, 1.54) is 0 Å². The summed E-state index contributed by atoms with van der Waals surface area (Å²) < 4.78 is 35.5. The van der Waals surface area contributed by atoms with Crippen LogP contribution < -0.4 is 0 Å². The number of halogens is 3. The number of alkyl halides is 3. The Morgan fingerprint density at radius 2 is 1.69 bits per heavy atom. The van der Waals surface area contributed by atoms with Crippen molar-refractivity contribution in [3.05, 3.63) is 0 Å². The third-order valence-corrected chi connectivity index (χ3v) is 1.99. The molecular weight excluding hydrogens is 183 g/mol. The van der Waals surface area contributed by atoms with Gasteiger partial charge in [0.25, 0.3) is 0 Å². The Bertz CT molecular complexity index is 134. The molecule has 80 valence electrons. The van der Waals surface area contributed by atoms with Crippen molar-refractivity contribution in [1.82, 2.24) is 4.90 Å². The molecule has 0 bridgehead atoms. The van der Waals surface area contributed by atoms with Gasteiger partial charge in [0.1, 0.15) is 0 Å². The van der Waals surface area contributed by atoms with Gasteiger partial charge in [-0.1, -0.05) is 13.8 Å². The minimum atomic E-state index is -4.48. The van der Waals surface area contributed by atoms with E-state index in [1.807, 2.05) is 18.7 Å². The van der Waals surface area contributed by atoms with Gasteiger partial charge in [-0.2, -0.15) is 13.2 Å². The molecule has 0 aromatic rings. The van der Waals surface area contributed by atoms with Crippen LogP contribution in [0, 0.1) is 0 Å². The first kappa shape index (κ1) is 12.7. The Kier molecular flexibility index (Phi) is 5.32. The minimum absolute atomic E-state index is 0.245. The van der Waals surface area contributed by atoms with Gasteiger partial charge >= 0.3 is 6.18 Å². The zero-order valence-corrected chi connectivity index (χ0v) is 7.93. The van der Waals surface area contributed by atoms with E-state index in [0.29, 0.717) is 13.1 Å². The van der Waals surface area contributed by atoms with Crippen molar-refractivity contribution in [3.8, 4) is 0 Å². The molecule has 0 saturated carbocycles. The van der Waals surface area contributed by atoms with E-state index in [2.05, 4.69) is 0 Å². The molecular formula is C8H16F3NO. The lowest BCUT2D eigenvalue weighted by Gasteiger charge is -2.21. The average Bonchev–Trinajstić information content (AvgIpc) is 2.04. The first-order valence-electron chi connectivity index (χ1n) is 4.38. The quantitative estimate of drug-likeness (QED) is 0.727. The number of aliphatic hydroxyl groups excluding tert-OH is 1. The molecule has 1 N–H and O–H groups in total. The van der Waals surface area contributed by atoms with Gasteiger partial charge in [0.05, 0.1) is 0 Å². The maximum Gasteiger partial charge on any atom is 0.414 e. The second-order valence-corrected chi connectivity index (χ2v) is 2.87. The van der Waals surface area contributed by atoms with Crippen LogP contribution in [-0.4, -0.2) is 41.9 Å². The van der Waals surface area contributed by atoms with Crippen molar-refractivity contribution in [2.45, 2.75) is 32.5 Å². The van der Waals surface area contributed by atoms with E-state index < -0.39 is 12.3 Å². The SMILES string of the molecule is CCN(CC)CC[C@@H](O)C(F)(F)F. The highest BCUT2D eigenvalue weighted by molar-refractivity contribution is 4.67. The summed E-state index contributed by atoms with van der Waals surface area (Å²) in [5, 5.41) is 8.67. The molecule has 0 fully saturated rings. The van der Waals surface area contributed by atoms with Crippen LogP contribution in [0.4, 0.5) is 13.2 Å². The van der Waals surface area contributed by atoms with Crippen LogP contribution >= 0.6 is 0 Å². The van der Waals surface area contributed by atoms with Gasteiger partial charge in [0.2, 0.25) is 0 Å². The van der Waals surface area contributed by atoms with Crippen molar-refractivity contribution >= 4 is 0 Å². The summed E-state index contributed by atoms with van der Waals surface area (Å²) in [5.41, 5.74) is 0. The average molecular weight is 199 g/mol. The summed E-state index contributed by atoms with van der Waals surface area (Å²) in [7, 11) is 0. The Labute approximate surface area is 76.3 Å². The summed E-state index contributed by atoms with van der Waals surface area (Å²) in [6.45, 7) is 5.46. The second-order valence-electron chi connectivity index (χ2n) is 2.87. The van der Waals surface area contributed by atoms with Gasteiger partial charge in [-0.3, -0.25) is 0 Å². The first-order valence-corrected chi connectivity index (χ1v) is 4.38. The third-order valence-electron chi connectivity index (χ3n) is 1.99. The van der Waals surface area contributed by atoms with E-state index in [4.69, 9.17) is 5.11 Å². The van der Waals surface area contributed by atoms with Crippen LogP contribution in [0.1, 0.15) is 20.3 Å². The predicted molar refractivity (Wildman–Crippen MR) is 44.5 cm³/mol. The Morgan fingerprint density at radius 1 is 1.23 bits per heavy atom. The highest BCUT2D eigenvalue weighted by Gasteiger charge is 2.37. The van der Waals surface area contributed by atoms with Gasteiger partial charge in [-0.15, -0.1) is 0 Å². The van der Waals surface area contributed by atoms with Gasteiger partial charge < -0.3 is 10.0 Å². The minimum Gasteiger partial charge on any atom is -0.384 e. The zero-order chi connectivity index (χ0) is 10.5. The monoisotopic (exact) mass is 199 g/mol. The Balaban J connectivity index is 3.75. The molecule has 0 amide bonds. The van der Waals surface area contributed by atoms with Crippen molar-refractivity contribution in [2.75, 3.05) is 19.6 Å². The van der Waals surface area contributed by atoms with Crippen LogP contribution in [0.15, 0.2) is 0 Å². The number of nitrogens with zero attached hydrogens (tertiary/aromatic N) is 1. The summed E-state index contributed by atoms with van der Waals surface area (Å²) in [6.07, 6.45) is -6.91. The van der Waals surface area contributed by atoms with E-state index >= 15 is 0 Å². The lowest BCUT2D eigenvalue weighted by molar-refractivity contribution is -0.206. The van der Waals surface area contributed by atoms with Gasteiger partial charge in [-0.05, 0) is 19.5 Å². The molecule has 0 aliphatic carbocycles. The second kappa shape index (κ2) is 5.44. The lowest BCUT2D eigenvalue weighted by atomic mass is 10.2. The first-order chi connectivity index (χ1) is 5.91. The maximum atomic E-state index is 11.8. The molecule has 5 heteroatoms. The highest BCUT2D eigenvalue weighted by atomic mass is 19.4. The molecule has 0 radical (unpaired) electrons. The van der Waals surface area contributed by atoms with E-state index in [9.17, 15) is 13.2 Å². The highest BCUT2D eigenvalue weighted by Crippen LogP contribution is 2.22. The van der Waals surface area contributed by atoms with Crippen molar-refractivity contribution in [1.29, 1.82) is 0 Å². The van der Waals surface area contributed by atoms with E-state index in [0.717, 1.165) is 0 Å². The molecule has 0 aliphatic heterocycles. The lowest BCUT2D eigenvalue weighted by Crippen LogP contribution is -2.34. The molecule has 0 saturated heterocycles. The fourth-order valence-corrected chi connectivity index (χ4v) is 1.01. The summed E-state index contributed by atoms with van der Waals surface area (Å²) in [4.78, 5) is 1.84. The fourth-order valence-electron chi connectivity index (χ4n) is 1.01. The third kappa shape index (κ3) is 5.10. The normalized spacial score (nSPS) is 15.0. The fraction of sp³-hybridized carbons (Fsp3) is 1.00. The molecule has 1 atom stereocenters. The topological polar surface area (TPSA) is 23.5 Å². The number of hydrogen-bond acceptors (Lipinski definition) is 2. The standard InChI is InChI=1S/C8H16F3NO/c1-3-12(4-2)6-5-7(13)8(9,10)11/h7,13H,3-6H2,1-2H3/t7-/m1/s1. The van der Waals surface area contributed by atoms with Gasteiger partial charge in [-0.25, -0.2) is 0 Å². The Hall–Kier alpha value is -0.290. The molecule has 2 nitrogen and oxygen atoms in total. The molecule has 0 rings (SSSR count). The molecule has 0 heterocycles. The molecule has 0 aromatic carbocycles. The van der Waals surface area contributed by atoms with Crippen molar-refractivity contribution in [2.24, 2.45) is 0 Å². The molecule has 0 unspecified atom stereocenters. The molecule has 13 heavy (non-hydrogen) atoms. The summed E-state index contributed by atoms with van der Waals surface area (Å²) in [6, 6.07) is 0. The summed E-state index contributed by atoms with van der Waals surface area (Å²) >= 11 is 0. The van der Waals surface area contributed by atoms with Gasteiger partial charge in [0, 0.05) is 6.54 Å². The maximum absolute atomic E-state index is 11.8. The molecule has 0 spiro atoms. The van der Waals surface area contributed by atoms with Crippen LogP contribution in [0.5, 0.6) is 0 Å². The van der Waals surface area contributed by atoms with Crippen LogP contribution in [0.3, 0.4) is 0 Å². The smallest absolute Gasteiger partial charge is 0.384 e. The van der Waals surface area contributed by atoms with Gasteiger partial charge in [0.15, 0.2) is 6.10 Å². The predicted octanol–water partition coefficient (Wildman–Crippen LogP) is 1.64. The van der Waals surface area contributed by atoms with Crippen molar-refractivity contribution in [3.63, 3.8) is 0 Å².